The SMILES string of the molecule is CCOC(=O)C1=C(CN2CCO[C@H]3CN(CC(C)(C)OC=O)C[C@H]32)NC(c2nccs2)=N[C@H]1c1cccc(F)c1C. The summed E-state index contributed by atoms with van der Waals surface area (Å²) < 4.78 is 31.7. The Hall–Kier alpha value is -3.19. The number of carbonyl (C=O) groups is 2. The van der Waals surface area contributed by atoms with Crippen LogP contribution in [0.4, 0.5) is 4.39 Å². The number of benzene rings is 1. The number of carbonyl (C=O) groups excluding carboxylic acids is 2. The molecule has 1 N–H and O–H groups in total. The molecule has 0 spiro atoms. The van der Waals surface area contributed by atoms with Gasteiger partial charge in [0.15, 0.2) is 10.8 Å². The summed E-state index contributed by atoms with van der Waals surface area (Å²) in [7, 11) is 0. The number of likely N-dealkylation sites (tertiary alicyclic amines) is 1. The fourth-order valence-electron chi connectivity index (χ4n) is 5.83. The molecule has 3 atom stereocenters. The number of ether oxygens (including phenoxy) is 3. The largest absolute Gasteiger partial charge is 0.463 e. The average Bonchev–Trinajstić information content (AvgIpc) is 3.60. The molecule has 3 aliphatic heterocycles. The molecule has 2 fully saturated rings. The second-order valence-corrected chi connectivity index (χ2v) is 11.9. The molecule has 0 amide bonds. The van der Waals surface area contributed by atoms with Crippen LogP contribution in [0, 0.1) is 12.7 Å². The summed E-state index contributed by atoms with van der Waals surface area (Å²) in [6.45, 7) is 11.5. The van der Waals surface area contributed by atoms with Crippen molar-refractivity contribution in [3.05, 3.63) is 63.0 Å². The number of amidine groups is 1. The van der Waals surface area contributed by atoms with Crippen molar-refractivity contribution in [1.82, 2.24) is 20.1 Å². The highest BCUT2D eigenvalue weighted by molar-refractivity contribution is 7.11. The zero-order valence-electron chi connectivity index (χ0n) is 23.8. The summed E-state index contributed by atoms with van der Waals surface area (Å²) >= 11 is 1.43. The molecule has 1 aromatic carbocycles. The van der Waals surface area contributed by atoms with Crippen LogP contribution in [0.3, 0.4) is 0 Å². The van der Waals surface area contributed by atoms with Crippen LogP contribution in [0.1, 0.15) is 42.9 Å². The predicted molar refractivity (Wildman–Crippen MR) is 152 cm³/mol. The maximum atomic E-state index is 14.7. The molecule has 2 aromatic rings. The standard InChI is InChI=1S/C29H36FN5O5S/c1-5-38-28(37)24-21(13-35-10-11-39-23-15-34(14-22(23)35)16-29(3,4)40-17-36)32-26(27-31-9-12-41-27)33-25(24)19-7-6-8-20(30)18(19)2/h6-9,12,17,22-23,25H,5,10-11,13-16H2,1-4H3,(H,32,33)/t22-,23+,25+/m1/s1. The van der Waals surface area contributed by atoms with Crippen LogP contribution in [0.2, 0.25) is 0 Å². The summed E-state index contributed by atoms with van der Waals surface area (Å²) in [5.41, 5.74) is 1.42. The van der Waals surface area contributed by atoms with Crippen LogP contribution in [-0.4, -0.2) is 96.7 Å². The number of hydrogen-bond acceptors (Lipinski definition) is 11. The predicted octanol–water partition coefficient (Wildman–Crippen LogP) is 2.84. The van der Waals surface area contributed by atoms with E-state index in [0.717, 1.165) is 6.54 Å². The summed E-state index contributed by atoms with van der Waals surface area (Å²) in [4.78, 5) is 38.4. The molecule has 12 heteroatoms. The molecule has 2 saturated heterocycles. The number of halogens is 1. The van der Waals surface area contributed by atoms with E-state index in [1.54, 1.807) is 32.2 Å². The number of nitrogens with one attached hydrogen (secondary N) is 1. The first-order valence-corrected chi connectivity index (χ1v) is 14.7. The van der Waals surface area contributed by atoms with Crippen LogP contribution in [0.25, 0.3) is 0 Å². The molecule has 3 aliphatic rings. The Morgan fingerprint density at radius 1 is 1.34 bits per heavy atom. The lowest BCUT2D eigenvalue weighted by Gasteiger charge is -2.39. The molecule has 5 rings (SSSR count). The van der Waals surface area contributed by atoms with Gasteiger partial charge in [0.2, 0.25) is 0 Å². The highest BCUT2D eigenvalue weighted by Crippen LogP contribution is 2.36. The van der Waals surface area contributed by atoms with Gasteiger partial charge in [0.25, 0.3) is 6.47 Å². The lowest BCUT2D eigenvalue weighted by molar-refractivity contribution is -0.142. The van der Waals surface area contributed by atoms with Gasteiger partial charge in [-0.1, -0.05) is 12.1 Å². The minimum Gasteiger partial charge on any atom is -0.463 e. The second-order valence-electron chi connectivity index (χ2n) is 11.0. The fraction of sp³-hybridized carbons (Fsp3) is 0.517. The zero-order chi connectivity index (χ0) is 29.1. The van der Waals surface area contributed by atoms with Gasteiger partial charge in [-0.05, 0) is 44.9 Å². The van der Waals surface area contributed by atoms with Gasteiger partial charge >= 0.3 is 5.97 Å². The molecule has 1 aromatic heterocycles. The Morgan fingerprint density at radius 3 is 2.90 bits per heavy atom. The van der Waals surface area contributed by atoms with Gasteiger partial charge < -0.3 is 19.5 Å². The quantitative estimate of drug-likeness (QED) is 0.333. The van der Waals surface area contributed by atoms with Crippen molar-refractivity contribution in [3.8, 4) is 0 Å². The monoisotopic (exact) mass is 585 g/mol. The van der Waals surface area contributed by atoms with Gasteiger partial charge in [0.05, 0.1) is 30.9 Å². The van der Waals surface area contributed by atoms with Crippen molar-refractivity contribution in [2.75, 3.05) is 45.9 Å². The maximum Gasteiger partial charge on any atom is 0.338 e. The summed E-state index contributed by atoms with van der Waals surface area (Å²) in [6, 6.07) is 4.14. The third-order valence-electron chi connectivity index (χ3n) is 7.69. The Labute approximate surface area is 243 Å². The van der Waals surface area contributed by atoms with Crippen molar-refractivity contribution < 1.29 is 28.2 Å². The Morgan fingerprint density at radius 2 is 2.17 bits per heavy atom. The first-order valence-electron chi connectivity index (χ1n) is 13.8. The van der Waals surface area contributed by atoms with Crippen LogP contribution in [0.5, 0.6) is 0 Å². The van der Waals surface area contributed by atoms with Gasteiger partial charge in [-0.15, -0.1) is 11.3 Å². The summed E-state index contributed by atoms with van der Waals surface area (Å²) in [5, 5.41) is 5.94. The second kappa shape index (κ2) is 12.4. The van der Waals surface area contributed by atoms with E-state index in [-0.39, 0.29) is 24.6 Å². The normalized spacial score (nSPS) is 23.5. The van der Waals surface area contributed by atoms with E-state index in [1.165, 1.54) is 17.4 Å². The lowest BCUT2D eigenvalue weighted by atomic mass is 9.92. The zero-order valence-corrected chi connectivity index (χ0v) is 24.6. The number of rotatable bonds is 10. The van der Waals surface area contributed by atoms with Crippen molar-refractivity contribution >= 4 is 29.6 Å². The third-order valence-corrected chi connectivity index (χ3v) is 8.47. The fourth-order valence-corrected chi connectivity index (χ4v) is 6.42. The van der Waals surface area contributed by atoms with Crippen molar-refractivity contribution in [3.63, 3.8) is 0 Å². The molecule has 220 valence electrons. The molecule has 0 aliphatic carbocycles. The molecule has 0 saturated carbocycles. The van der Waals surface area contributed by atoms with Gasteiger partial charge in [0, 0.05) is 50.0 Å². The Balaban J connectivity index is 1.50. The van der Waals surface area contributed by atoms with Crippen molar-refractivity contribution in [2.45, 2.75) is 51.5 Å². The average molecular weight is 586 g/mol. The highest BCUT2D eigenvalue weighted by atomic mass is 32.1. The number of hydrogen-bond donors (Lipinski definition) is 1. The molecule has 0 bridgehead atoms. The minimum absolute atomic E-state index is 0.0284. The molecular weight excluding hydrogens is 549 g/mol. The van der Waals surface area contributed by atoms with Gasteiger partial charge in [-0.25, -0.2) is 14.2 Å². The first kappa shape index (κ1) is 29.3. The molecule has 0 radical (unpaired) electrons. The molecular formula is C29H36FN5O5S. The molecule has 0 unspecified atom stereocenters. The molecule has 41 heavy (non-hydrogen) atoms. The van der Waals surface area contributed by atoms with Crippen LogP contribution >= 0.6 is 11.3 Å². The van der Waals surface area contributed by atoms with Crippen molar-refractivity contribution in [1.29, 1.82) is 0 Å². The molecule has 4 heterocycles. The maximum absolute atomic E-state index is 14.7. The third kappa shape index (κ3) is 6.35. The number of nitrogens with zero attached hydrogens (tertiary/aromatic N) is 4. The number of morpholine rings is 1. The van der Waals surface area contributed by atoms with Crippen LogP contribution < -0.4 is 5.32 Å². The Kier molecular flexibility index (Phi) is 8.83. The molecule has 10 nitrogen and oxygen atoms in total. The number of aromatic nitrogens is 1. The minimum atomic E-state index is -0.766. The van der Waals surface area contributed by atoms with E-state index >= 15 is 0 Å². The van der Waals surface area contributed by atoms with E-state index in [0.29, 0.717) is 72.5 Å². The van der Waals surface area contributed by atoms with Crippen LogP contribution in [-0.2, 0) is 23.8 Å². The number of aliphatic imine (C=N–C) groups is 1. The number of thiazole rings is 1. The van der Waals surface area contributed by atoms with Gasteiger partial charge in [0.1, 0.15) is 17.5 Å². The summed E-state index contributed by atoms with van der Waals surface area (Å²) in [6.07, 6.45) is 1.67. The number of esters is 1. The summed E-state index contributed by atoms with van der Waals surface area (Å²) in [5.74, 6) is -0.320. The van der Waals surface area contributed by atoms with Crippen molar-refractivity contribution in [2.24, 2.45) is 4.99 Å². The van der Waals surface area contributed by atoms with E-state index in [9.17, 15) is 14.0 Å². The van der Waals surface area contributed by atoms with E-state index in [1.807, 2.05) is 19.2 Å². The smallest absolute Gasteiger partial charge is 0.338 e. The lowest BCUT2D eigenvalue weighted by Crippen LogP contribution is -2.53. The Bertz CT molecular complexity index is 1330. The van der Waals surface area contributed by atoms with E-state index < -0.39 is 17.6 Å². The highest BCUT2D eigenvalue weighted by Gasteiger charge is 2.43. The van der Waals surface area contributed by atoms with Gasteiger partial charge in [-0.3, -0.25) is 19.6 Å². The first-order chi connectivity index (χ1) is 19.7. The topological polar surface area (TPSA) is 106 Å². The van der Waals surface area contributed by atoms with Crippen LogP contribution in [0.15, 0.2) is 46.0 Å². The van der Waals surface area contributed by atoms with Gasteiger partial charge in [-0.2, -0.15) is 0 Å². The van der Waals surface area contributed by atoms with E-state index in [4.69, 9.17) is 19.2 Å². The number of fused-ring (bicyclic) bond motifs is 1. The van der Waals surface area contributed by atoms with E-state index in [2.05, 4.69) is 20.1 Å².